The van der Waals surface area contributed by atoms with Gasteiger partial charge in [0.25, 0.3) is 0 Å². The molecule has 1 saturated carbocycles. The van der Waals surface area contributed by atoms with Crippen LogP contribution in [0.5, 0.6) is 0 Å². The fraction of sp³-hybridized carbons (Fsp3) is 0.800. The Balaban J connectivity index is 2.02. The van der Waals surface area contributed by atoms with E-state index in [1.165, 1.54) is 25.7 Å². The van der Waals surface area contributed by atoms with Gasteiger partial charge in [-0.3, -0.25) is 5.10 Å². The minimum absolute atomic E-state index is 0.648. The highest BCUT2D eigenvalue weighted by Crippen LogP contribution is 2.29. The van der Waals surface area contributed by atoms with E-state index >= 15 is 0 Å². The second kappa shape index (κ2) is 4.61. The van der Waals surface area contributed by atoms with Crippen LogP contribution in [-0.2, 0) is 0 Å². The monoisotopic (exact) mass is 243 g/mol. The summed E-state index contributed by atoms with van der Waals surface area (Å²) in [7, 11) is 2.13. The number of hydrogen-bond donors (Lipinski definition) is 1. The van der Waals surface area contributed by atoms with Gasteiger partial charge in [-0.2, -0.15) is 0 Å². The first kappa shape index (κ1) is 11.1. The molecule has 1 aliphatic rings. The third-order valence-corrected chi connectivity index (χ3v) is 4.44. The number of rotatable bonds is 2. The number of aromatic amines is 1. The lowest BCUT2D eigenvalue weighted by Gasteiger charge is -2.33. The number of nitrogens with one attached hydrogen (secondary N) is 1. The van der Waals surface area contributed by atoms with Crippen LogP contribution in [0.3, 0.4) is 0 Å². The van der Waals surface area contributed by atoms with Crippen molar-refractivity contribution < 1.29 is 0 Å². The van der Waals surface area contributed by atoms with Crippen molar-refractivity contribution >= 4 is 28.7 Å². The average molecular weight is 243 g/mol. The summed E-state index contributed by atoms with van der Waals surface area (Å²) in [5.41, 5.74) is 0. The minimum Gasteiger partial charge on any atom is -0.347 e. The van der Waals surface area contributed by atoms with E-state index in [2.05, 4.69) is 29.1 Å². The quantitative estimate of drug-likeness (QED) is 0.809. The minimum atomic E-state index is 0.648. The lowest BCUT2D eigenvalue weighted by Crippen LogP contribution is -2.34. The molecule has 5 heteroatoms. The topological polar surface area (TPSA) is 31.9 Å². The first-order chi connectivity index (χ1) is 7.16. The Labute approximate surface area is 99.5 Å². The molecule has 1 N–H and O–H groups in total. The molecule has 0 bridgehead atoms. The van der Waals surface area contributed by atoms with Gasteiger partial charge in [0.15, 0.2) is 3.95 Å². The fourth-order valence-electron chi connectivity index (χ4n) is 2.16. The van der Waals surface area contributed by atoms with Crippen molar-refractivity contribution in [1.29, 1.82) is 0 Å². The molecule has 1 aromatic rings. The predicted molar refractivity (Wildman–Crippen MR) is 67.1 cm³/mol. The summed E-state index contributed by atoms with van der Waals surface area (Å²) in [5, 5.41) is 8.09. The van der Waals surface area contributed by atoms with Crippen LogP contribution in [0, 0.1) is 9.87 Å². The molecule has 3 nitrogen and oxygen atoms in total. The molecule has 1 fully saturated rings. The molecular weight excluding hydrogens is 226 g/mol. The summed E-state index contributed by atoms with van der Waals surface area (Å²) in [4.78, 5) is 2.28. The van der Waals surface area contributed by atoms with Gasteiger partial charge in [-0.15, -0.1) is 5.10 Å². The van der Waals surface area contributed by atoms with Gasteiger partial charge in [0.1, 0.15) is 0 Å². The molecule has 2 rings (SSSR count). The molecule has 15 heavy (non-hydrogen) atoms. The molecule has 0 saturated heterocycles. The maximum Gasteiger partial charge on any atom is 0.206 e. The Bertz CT molecular complexity index is 363. The fourth-order valence-corrected chi connectivity index (χ4v) is 3.07. The summed E-state index contributed by atoms with van der Waals surface area (Å²) in [6, 6.07) is 0.648. The molecule has 0 aliphatic heterocycles. The molecule has 84 valence electrons. The van der Waals surface area contributed by atoms with Crippen LogP contribution in [0.15, 0.2) is 0 Å². The van der Waals surface area contributed by atoms with Crippen LogP contribution >= 0.6 is 23.6 Å². The predicted octanol–water partition coefficient (Wildman–Crippen LogP) is 3.22. The molecule has 0 amide bonds. The van der Waals surface area contributed by atoms with Gasteiger partial charge in [-0.25, -0.2) is 0 Å². The van der Waals surface area contributed by atoms with Gasteiger partial charge in [0.2, 0.25) is 5.13 Å². The van der Waals surface area contributed by atoms with Crippen LogP contribution in [0.2, 0.25) is 0 Å². The third-order valence-electron chi connectivity index (χ3n) is 3.26. The van der Waals surface area contributed by atoms with Crippen molar-refractivity contribution in [3.63, 3.8) is 0 Å². The lowest BCUT2D eigenvalue weighted by atomic mass is 9.87. The zero-order chi connectivity index (χ0) is 10.8. The van der Waals surface area contributed by atoms with E-state index in [0.717, 1.165) is 15.0 Å². The first-order valence-corrected chi connectivity index (χ1v) is 6.67. The molecule has 0 unspecified atom stereocenters. The Kier molecular flexibility index (Phi) is 3.41. The molecule has 0 atom stereocenters. The van der Waals surface area contributed by atoms with E-state index in [-0.39, 0.29) is 0 Å². The van der Waals surface area contributed by atoms with Gasteiger partial charge in [0, 0.05) is 13.1 Å². The summed E-state index contributed by atoms with van der Waals surface area (Å²) >= 11 is 6.61. The van der Waals surface area contributed by atoms with Crippen molar-refractivity contribution in [2.45, 2.75) is 38.6 Å². The number of nitrogens with zero attached hydrogens (tertiary/aromatic N) is 2. The molecular formula is C10H17N3S2. The number of hydrogen-bond acceptors (Lipinski definition) is 4. The summed E-state index contributed by atoms with van der Waals surface area (Å²) in [6.07, 6.45) is 5.24. The van der Waals surface area contributed by atoms with Gasteiger partial charge >= 0.3 is 0 Å². The van der Waals surface area contributed by atoms with Crippen molar-refractivity contribution in [3.8, 4) is 0 Å². The van der Waals surface area contributed by atoms with Gasteiger partial charge in [-0.1, -0.05) is 18.3 Å². The highest BCUT2D eigenvalue weighted by atomic mass is 32.1. The van der Waals surface area contributed by atoms with E-state index in [4.69, 9.17) is 12.2 Å². The smallest absolute Gasteiger partial charge is 0.206 e. The van der Waals surface area contributed by atoms with Crippen molar-refractivity contribution in [1.82, 2.24) is 10.2 Å². The van der Waals surface area contributed by atoms with Crippen LogP contribution in [0.25, 0.3) is 0 Å². The van der Waals surface area contributed by atoms with E-state index < -0.39 is 0 Å². The van der Waals surface area contributed by atoms with Gasteiger partial charge in [0.05, 0.1) is 0 Å². The number of H-pyrrole nitrogens is 1. The highest BCUT2D eigenvalue weighted by Gasteiger charge is 2.23. The summed E-state index contributed by atoms with van der Waals surface area (Å²) < 4.78 is 0.765. The van der Waals surface area contributed by atoms with Crippen LogP contribution < -0.4 is 4.90 Å². The van der Waals surface area contributed by atoms with Crippen molar-refractivity contribution in [2.24, 2.45) is 5.92 Å². The van der Waals surface area contributed by atoms with Crippen LogP contribution in [-0.4, -0.2) is 23.3 Å². The van der Waals surface area contributed by atoms with Crippen LogP contribution in [0.4, 0.5) is 5.13 Å². The second-order valence-electron chi connectivity index (χ2n) is 4.42. The third kappa shape index (κ3) is 2.58. The summed E-state index contributed by atoms with van der Waals surface area (Å²) in [5.74, 6) is 0.895. The lowest BCUT2D eigenvalue weighted by molar-refractivity contribution is 0.340. The largest absolute Gasteiger partial charge is 0.347 e. The van der Waals surface area contributed by atoms with Crippen LogP contribution in [0.1, 0.15) is 32.6 Å². The molecule has 0 spiro atoms. The normalized spacial score (nSPS) is 26.5. The maximum absolute atomic E-state index is 5.05. The zero-order valence-electron chi connectivity index (χ0n) is 9.19. The molecule has 0 aromatic carbocycles. The Morgan fingerprint density at radius 2 is 2.07 bits per heavy atom. The van der Waals surface area contributed by atoms with E-state index in [1.54, 1.807) is 11.3 Å². The second-order valence-corrected chi connectivity index (χ2v) is 6.06. The summed E-state index contributed by atoms with van der Waals surface area (Å²) in [6.45, 7) is 2.34. The highest BCUT2D eigenvalue weighted by molar-refractivity contribution is 7.73. The average Bonchev–Trinajstić information content (AvgIpc) is 2.65. The Morgan fingerprint density at radius 1 is 1.40 bits per heavy atom. The molecule has 1 aliphatic carbocycles. The number of anilines is 1. The first-order valence-electron chi connectivity index (χ1n) is 5.45. The standard InChI is InChI=1S/C10H17N3S2/c1-7-3-5-8(6-4-7)13(2)9-11-12-10(14)15-9/h7-8H,3-6H2,1-2H3,(H,12,14). The van der Waals surface area contributed by atoms with E-state index in [0.29, 0.717) is 6.04 Å². The molecule has 1 heterocycles. The Hall–Kier alpha value is -0.420. The van der Waals surface area contributed by atoms with Gasteiger partial charge in [-0.05, 0) is 43.8 Å². The van der Waals surface area contributed by atoms with E-state index in [9.17, 15) is 0 Å². The molecule has 1 aromatic heterocycles. The zero-order valence-corrected chi connectivity index (χ0v) is 10.8. The SMILES string of the molecule is CC1CCC(N(C)c2n[nH]c(=S)s2)CC1. The molecule has 0 radical (unpaired) electrons. The number of aromatic nitrogens is 2. The maximum atomic E-state index is 5.05. The van der Waals surface area contributed by atoms with E-state index in [1.807, 2.05) is 0 Å². The Morgan fingerprint density at radius 3 is 2.60 bits per heavy atom. The van der Waals surface area contributed by atoms with Crippen molar-refractivity contribution in [2.75, 3.05) is 11.9 Å². The van der Waals surface area contributed by atoms with Gasteiger partial charge < -0.3 is 4.90 Å². The van der Waals surface area contributed by atoms with Crippen molar-refractivity contribution in [3.05, 3.63) is 3.95 Å².